The molecule has 2 aliphatic heterocycles. The van der Waals surface area contributed by atoms with Gasteiger partial charge in [-0.2, -0.15) is 0 Å². The molecule has 10 nitrogen and oxygen atoms in total. The number of phenolic OH excluding ortho intramolecular Hbond substituents is 3. The minimum Gasteiger partial charge on any atom is -0.507 e. The molecule has 0 bridgehead atoms. The van der Waals surface area contributed by atoms with E-state index in [0.29, 0.717) is 5.56 Å². The molecule has 6 N–H and O–H groups in total. The lowest BCUT2D eigenvalue weighted by molar-refractivity contribution is -0.268. The van der Waals surface area contributed by atoms with Gasteiger partial charge in [-0.3, -0.25) is 4.79 Å². The number of benzene rings is 2. The van der Waals surface area contributed by atoms with Crippen molar-refractivity contribution >= 4 is 5.78 Å². The molecular weight excluding hydrogens is 412 g/mol. The second kappa shape index (κ2) is 7.89. The summed E-state index contributed by atoms with van der Waals surface area (Å²) in [7, 11) is 0. The van der Waals surface area contributed by atoms with E-state index < -0.39 is 48.3 Å². The summed E-state index contributed by atoms with van der Waals surface area (Å²) in [6.07, 6.45) is -7.39. The Labute approximate surface area is 176 Å². The van der Waals surface area contributed by atoms with Crippen molar-refractivity contribution in [2.45, 2.75) is 50.2 Å². The third-order valence-electron chi connectivity index (χ3n) is 5.41. The van der Waals surface area contributed by atoms with Gasteiger partial charge < -0.3 is 44.8 Å². The van der Waals surface area contributed by atoms with Gasteiger partial charge in [0.15, 0.2) is 17.3 Å². The topological polar surface area (TPSA) is 166 Å². The minimum atomic E-state index is -1.56. The first-order valence-corrected chi connectivity index (χ1v) is 9.60. The third-order valence-corrected chi connectivity index (χ3v) is 5.41. The second-order valence-corrected chi connectivity index (χ2v) is 7.60. The van der Waals surface area contributed by atoms with E-state index in [2.05, 4.69) is 0 Å². The molecule has 10 heteroatoms. The molecule has 4 rings (SSSR count). The number of aromatic hydroxyl groups is 3. The lowest BCUT2D eigenvalue weighted by atomic mass is 9.95. The van der Waals surface area contributed by atoms with Gasteiger partial charge >= 0.3 is 0 Å². The highest BCUT2D eigenvalue weighted by molar-refractivity contribution is 6.02. The largest absolute Gasteiger partial charge is 0.507 e. The normalized spacial score (nSPS) is 30.4. The van der Waals surface area contributed by atoms with Gasteiger partial charge in [-0.05, 0) is 24.6 Å². The zero-order chi connectivity index (χ0) is 22.4. The Morgan fingerprint density at radius 2 is 1.68 bits per heavy atom. The molecule has 0 spiro atoms. The molecule has 0 amide bonds. The van der Waals surface area contributed by atoms with Crippen molar-refractivity contribution in [1.82, 2.24) is 0 Å². The van der Waals surface area contributed by atoms with Gasteiger partial charge in [0, 0.05) is 12.1 Å². The molecular formula is C21H22O10. The number of aliphatic hydroxyl groups is 3. The fourth-order valence-electron chi connectivity index (χ4n) is 3.65. The summed E-state index contributed by atoms with van der Waals surface area (Å²) in [6.45, 7) is 1.50. The van der Waals surface area contributed by atoms with E-state index in [0.717, 1.165) is 6.07 Å². The summed E-state index contributed by atoms with van der Waals surface area (Å²) in [4.78, 5) is 12.6. The Balaban J connectivity index is 1.61. The van der Waals surface area contributed by atoms with Crippen LogP contribution in [-0.2, 0) is 4.74 Å². The Hall–Kier alpha value is -3.05. The van der Waals surface area contributed by atoms with Gasteiger partial charge in [0.05, 0.1) is 12.5 Å². The number of hydrogen-bond acceptors (Lipinski definition) is 10. The molecule has 2 heterocycles. The lowest BCUT2D eigenvalue weighted by Crippen LogP contribution is -2.58. The zero-order valence-corrected chi connectivity index (χ0v) is 16.4. The van der Waals surface area contributed by atoms with Crippen molar-refractivity contribution in [3.05, 3.63) is 41.5 Å². The number of Topliss-reactive ketones (excluding diaryl/α,β-unsaturated/α-hetero) is 1. The Kier molecular flexibility index (Phi) is 5.40. The van der Waals surface area contributed by atoms with Gasteiger partial charge in [-0.25, -0.2) is 0 Å². The predicted molar refractivity (Wildman–Crippen MR) is 103 cm³/mol. The van der Waals surface area contributed by atoms with Crippen LogP contribution in [0.5, 0.6) is 28.7 Å². The van der Waals surface area contributed by atoms with Gasteiger partial charge in [0.25, 0.3) is 0 Å². The van der Waals surface area contributed by atoms with E-state index in [1.54, 1.807) is 0 Å². The second-order valence-electron chi connectivity index (χ2n) is 7.60. The van der Waals surface area contributed by atoms with Gasteiger partial charge in [0.1, 0.15) is 47.2 Å². The smallest absolute Gasteiger partial charge is 0.229 e. The van der Waals surface area contributed by atoms with Crippen LogP contribution in [0.4, 0.5) is 0 Å². The highest BCUT2D eigenvalue weighted by Crippen LogP contribution is 2.43. The van der Waals surface area contributed by atoms with Crippen molar-refractivity contribution in [3.63, 3.8) is 0 Å². The number of ether oxygens (including phenoxy) is 3. The summed E-state index contributed by atoms with van der Waals surface area (Å²) in [5.74, 6) is -1.46. The highest BCUT2D eigenvalue weighted by Gasteiger charge is 2.43. The molecule has 166 valence electrons. The molecule has 0 aromatic heterocycles. The fraction of sp³-hybridized carbons (Fsp3) is 0.381. The van der Waals surface area contributed by atoms with Crippen LogP contribution in [0.1, 0.15) is 35.4 Å². The number of carbonyl (C=O) groups excluding carboxylic acids is 1. The number of aliphatic hydroxyl groups excluding tert-OH is 3. The van der Waals surface area contributed by atoms with Crippen LogP contribution in [0.25, 0.3) is 0 Å². The average molecular weight is 434 g/mol. The molecule has 1 saturated heterocycles. The molecule has 1 fully saturated rings. The predicted octanol–water partition coefficient (Wildman–Crippen LogP) is 0.716. The summed E-state index contributed by atoms with van der Waals surface area (Å²) in [5, 5.41) is 59.4. The van der Waals surface area contributed by atoms with Crippen LogP contribution in [0.3, 0.4) is 0 Å². The number of ketones is 1. The molecule has 2 aromatic rings. The van der Waals surface area contributed by atoms with E-state index in [9.17, 15) is 35.4 Å². The third kappa shape index (κ3) is 3.86. The van der Waals surface area contributed by atoms with Crippen LogP contribution in [-0.4, -0.2) is 67.1 Å². The van der Waals surface area contributed by atoms with Crippen molar-refractivity contribution in [2.75, 3.05) is 0 Å². The summed E-state index contributed by atoms with van der Waals surface area (Å²) < 4.78 is 16.8. The Morgan fingerprint density at radius 1 is 0.935 bits per heavy atom. The SMILES string of the molecule is C[C@@H]1O[C@@H](Oc2cc(O)c3c(c2)O[C@@H](c2ccc(O)c(O)c2)CC3=O)[C@@H](O)[C@H](O)[C@@H]1O. The van der Waals surface area contributed by atoms with Crippen LogP contribution in [0.2, 0.25) is 0 Å². The lowest BCUT2D eigenvalue weighted by Gasteiger charge is -2.39. The van der Waals surface area contributed by atoms with Crippen LogP contribution in [0, 0.1) is 0 Å². The monoisotopic (exact) mass is 434 g/mol. The number of carbonyl (C=O) groups is 1. The van der Waals surface area contributed by atoms with E-state index in [-0.39, 0.29) is 35.0 Å². The highest BCUT2D eigenvalue weighted by atomic mass is 16.7. The van der Waals surface area contributed by atoms with Gasteiger partial charge in [0.2, 0.25) is 6.29 Å². The Bertz CT molecular complexity index is 1010. The summed E-state index contributed by atoms with van der Waals surface area (Å²) in [5.41, 5.74) is 0.401. The standard InChI is InChI=1S/C21H22O10/c1-8-18(26)19(27)20(28)21(29-8)30-10-5-13(24)17-14(25)7-15(31-16(17)6-10)9-2-3-11(22)12(23)4-9/h2-6,8,15,18-24,26-28H,7H2,1H3/t8-,15+,18+,19+,20-,21-/m0/s1. The number of fused-ring (bicyclic) bond motifs is 1. The van der Waals surface area contributed by atoms with Gasteiger partial charge in [-0.1, -0.05) is 6.07 Å². The molecule has 31 heavy (non-hydrogen) atoms. The molecule has 0 radical (unpaired) electrons. The van der Waals surface area contributed by atoms with Crippen LogP contribution >= 0.6 is 0 Å². The molecule has 0 unspecified atom stereocenters. The average Bonchev–Trinajstić information content (AvgIpc) is 2.71. The van der Waals surface area contributed by atoms with E-state index in [1.165, 1.54) is 31.2 Å². The first-order valence-electron chi connectivity index (χ1n) is 9.60. The van der Waals surface area contributed by atoms with Crippen molar-refractivity contribution in [3.8, 4) is 28.7 Å². The first kappa shape index (κ1) is 21.2. The van der Waals surface area contributed by atoms with Crippen LogP contribution in [0.15, 0.2) is 30.3 Å². The number of hydrogen-bond donors (Lipinski definition) is 6. The molecule has 6 atom stereocenters. The molecule has 2 aliphatic rings. The van der Waals surface area contributed by atoms with Crippen molar-refractivity contribution < 1.29 is 49.6 Å². The fourth-order valence-corrected chi connectivity index (χ4v) is 3.65. The quantitative estimate of drug-likeness (QED) is 0.379. The van der Waals surface area contributed by atoms with Crippen LogP contribution < -0.4 is 9.47 Å². The number of phenols is 3. The maximum Gasteiger partial charge on any atom is 0.229 e. The van der Waals surface area contributed by atoms with E-state index >= 15 is 0 Å². The zero-order valence-electron chi connectivity index (χ0n) is 16.4. The summed E-state index contributed by atoms with van der Waals surface area (Å²) >= 11 is 0. The molecule has 2 aromatic carbocycles. The summed E-state index contributed by atoms with van der Waals surface area (Å²) in [6, 6.07) is 6.54. The first-order chi connectivity index (χ1) is 14.7. The maximum atomic E-state index is 12.6. The van der Waals surface area contributed by atoms with E-state index in [4.69, 9.17) is 14.2 Å². The maximum absolute atomic E-state index is 12.6. The van der Waals surface area contributed by atoms with Crippen molar-refractivity contribution in [1.29, 1.82) is 0 Å². The molecule has 0 saturated carbocycles. The van der Waals surface area contributed by atoms with Crippen molar-refractivity contribution in [2.24, 2.45) is 0 Å². The van der Waals surface area contributed by atoms with E-state index in [1.807, 2.05) is 0 Å². The molecule has 0 aliphatic carbocycles. The minimum absolute atomic E-state index is 0.00177. The number of rotatable bonds is 3. The Morgan fingerprint density at radius 3 is 2.39 bits per heavy atom. The van der Waals surface area contributed by atoms with Gasteiger partial charge in [-0.15, -0.1) is 0 Å².